The summed E-state index contributed by atoms with van der Waals surface area (Å²) in [6.07, 6.45) is 12.5. The van der Waals surface area contributed by atoms with Crippen LogP contribution in [0, 0.1) is 39.4 Å². The Bertz CT molecular complexity index is 1160. The van der Waals surface area contributed by atoms with Gasteiger partial charge in [0.05, 0.1) is 0 Å². The summed E-state index contributed by atoms with van der Waals surface area (Å²) in [5, 5.41) is 9.25. The molecule has 0 bridgehead atoms. The van der Waals surface area contributed by atoms with Gasteiger partial charge in [0.25, 0.3) is 0 Å². The second kappa shape index (κ2) is 10.5. The van der Waals surface area contributed by atoms with Crippen LogP contribution in [-0.2, 0) is 23.9 Å². The molecule has 2 fully saturated rings. The first kappa shape index (κ1) is 30.6. The van der Waals surface area contributed by atoms with Crippen LogP contribution < -0.4 is 0 Å². The normalized spacial score (nSPS) is 39.1. The maximum atomic E-state index is 12.4. The van der Waals surface area contributed by atoms with Gasteiger partial charge < -0.3 is 14.6 Å². The zero-order chi connectivity index (χ0) is 29.8. The van der Waals surface area contributed by atoms with Gasteiger partial charge in [-0.25, -0.2) is 4.79 Å². The van der Waals surface area contributed by atoms with Gasteiger partial charge in [-0.15, -0.1) is 0 Å². The molecule has 6 nitrogen and oxygen atoms in total. The second-order valence-corrected chi connectivity index (χ2v) is 14.4. The number of ether oxygens (including phenoxy) is 2. The molecule has 0 radical (unpaired) electrons. The van der Waals surface area contributed by atoms with Crippen LogP contribution in [0.2, 0.25) is 0 Å². The molecule has 4 aliphatic carbocycles. The van der Waals surface area contributed by atoms with Gasteiger partial charge in [-0.05, 0) is 91.6 Å². The molecule has 0 saturated heterocycles. The van der Waals surface area contributed by atoms with E-state index < -0.39 is 5.97 Å². The number of carbonyl (C=O) groups is 3. The molecule has 0 heterocycles. The van der Waals surface area contributed by atoms with Gasteiger partial charge in [0.1, 0.15) is 12.2 Å². The average molecular weight is 555 g/mol. The molecule has 40 heavy (non-hydrogen) atoms. The van der Waals surface area contributed by atoms with Crippen molar-refractivity contribution in [1.82, 2.24) is 0 Å². The van der Waals surface area contributed by atoms with E-state index in [-0.39, 0.29) is 45.8 Å². The average Bonchev–Trinajstić information content (AvgIpc) is 3.07. The number of aliphatic carboxylic acids is 1. The van der Waals surface area contributed by atoms with E-state index >= 15 is 0 Å². The van der Waals surface area contributed by atoms with E-state index in [4.69, 9.17) is 9.47 Å². The highest BCUT2D eigenvalue weighted by molar-refractivity contribution is 5.85. The van der Waals surface area contributed by atoms with Crippen molar-refractivity contribution in [2.45, 2.75) is 119 Å². The minimum absolute atomic E-state index is 0.0435. The summed E-state index contributed by atoms with van der Waals surface area (Å²) in [6, 6.07) is 0. The van der Waals surface area contributed by atoms with Gasteiger partial charge in [0.2, 0.25) is 0 Å². The van der Waals surface area contributed by atoms with Crippen LogP contribution in [-0.4, -0.2) is 35.2 Å². The topological polar surface area (TPSA) is 89.9 Å². The molecule has 4 rings (SSSR count). The first-order valence-corrected chi connectivity index (χ1v) is 15.2. The predicted molar refractivity (Wildman–Crippen MR) is 155 cm³/mol. The predicted octanol–water partition coefficient (Wildman–Crippen LogP) is 7.43. The van der Waals surface area contributed by atoms with E-state index in [1.54, 1.807) is 6.92 Å². The largest absolute Gasteiger partial charge is 0.478 e. The van der Waals surface area contributed by atoms with Crippen LogP contribution in [0.25, 0.3) is 0 Å². The third-order valence-corrected chi connectivity index (χ3v) is 12.0. The van der Waals surface area contributed by atoms with Gasteiger partial charge in [-0.3, -0.25) is 9.59 Å². The number of hydrogen-bond donors (Lipinski definition) is 1. The molecule has 0 aromatic carbocycles. The van der Waals surface area contributed by atoms with Gasteiger partial charge in [-0.1, -0.05) is 59.8 Å². The molecule has 222 valence electrons. The molecule has 0 aliphatic heterocycles. The number of hydrogen-bond acceptors (Lipinski definition) is 5. The van der Waals surface area contributed by atoms with Crippen molar-refractivity contribution >= 4 is 17.9 Å². The van der Waals surface area contributed by atoms with Crippen molar-refractivity contribution in [3.63, 3.8) is 0 Å². The summed E-state index contributed by atoms with van der Waals surface area (Å²) >= 11 is 0. The van der Waals surface area contributed by atoms with Crippen LogP contribution in [0.15, 0.2) is 34.9 Å². The molecule has 0 unspecified atom stereocenters. The van der Waals surface area contributed by atoms with Crippen molar-refractivity contribution in [3.8, 4) is 0 Å². The van der Waals surface area contributed by atoms with E-state index in [2.05, 4.69) is 53.7 Å². The highest BCUT2D eigenvalue weighted by atomic mass is 16.5. The summed E-state index contributed by atoms with van der Waals surface area (Å²) in [5.41, 5.74) is 2.53. The third-order valence-electron chi connectivity index (χ3n) is 12.0. The summed E-state index contributed by atoms with van der Waals surface area (Å²) in [7, 11) is 0. The van der Waals surface area contributed by atoms with Crippen LogP contribution in [0.5, 0.6) is 0 Å². The zero-order valence-corrected chi connectivity index (χ0v) is 26.1. The molecule has 2 saturated carbocycles. The minimum Gasteiger partial charge on any atom is -0.478 e. The monoisotopic (exact) mass is 554 g/mol. The van der Waals surface area contributed by atoms with Crippen molar-refractivity contribution < 1.29 is 29.0 Å². The number of fused-ring (bicyclic) bond motifs is 5. The van der Waals surface area contributed by atoms with E-state index in [1.165, 1.54) is 25.0 Å². The molecule has 0 amide bonds. The Balaban J connectivity index is 1.71. The number of esters is 2. The lowest BCUT2D eigenvalue weighted by atomic mass is 9.44. The van der Waals surface area contributed by atoms with Gasteiger partial charge in [0, 0.05) is 30.3 Å². The highest BCUT2D eigenvalue weighted by Crippen LogP contribution is 2.72. The molecule has 1 N–H and O–H groups in total. The summed E-state index contributed by atoms with van der Waals surface area (Å²) < 4.78 is 12.0. The number of carbonyl (C=O) groups excluding carboxylic acids is 2. The Hall–Kier alpha value is -2.37. The van der Waals surface area contributed by atoms with E-state index in [0.717, 1.165) is 44.9 Å². The van der Waals surface area contributed by atoms with Crippen molar-refractivity contribution in [2.75, 3.05) is 0 Å². The van der Waals surface area contributed by atoms with Crippen LogP contribution in [0.1, 0.15) is 107 Å². The first-order valence-electron chi connectivity index (χ1n) is 15.2. The molecule has 0 spiro atoms. The summed E-state index contributed by atoms with van der Waals surface area (Å²) in [4.78, 5) is 35.6. The molecule has 8 atom stereocenters. The van der Waals surface area contributed by atoms with Crippen LogP contribution in [0.3, 0.4) is 0 Å². The molecular formula is C34H50O6. The van der Waals surface area contributed by atoms with Gasteiger partial charge in [-0.2, -0.15) is 0 Å². The highest BCUT2D eigenvalue weighted by Gasteiger charge is 2.67. The van der Waals surface area contributed by atoms with Crippen LogP contribution >= 0.6 is 0 Å². The quantitative estimate of drug-likeness (QED) is 0.260. The Morgan fingerprint density at radius 1 is 1.00 bits per heavy atom. The smallest absolute Gasteiger partial charge is 0.330 e. The van der Waals surface area contributed by atoms with E-state index in [9.17, 15) is 19.5 Å². The minimum atomic E-state index is -0.867. The van der Waals surface area contributed by atoms with Crippen molar-refractivity contribution in [3.05, 3.63) is 34.9 Å². The fourth-order valence-corrected chi connectivity index (χ4v) is 9.52. The lowest BCUT2D eigenvalue weighted by Gasteiger charge is -2.61. The second-order valence-electron chi connectivity index (χ2n) is 14.4. The maximum Gasteiger partial charge on any atom is 0.330 e. The standard InChI is InChI=1S/C34H50O6/c1-20(11-10-12-21(2)30(37)38)26-19-29(40-23(4)36)34(9)25-13-14-27-31(5,6)28(39-22(3)35)16-17-32(27,7)24(25)15-18-33(26,34)8/h12-13,15,20,26-29H,10-11,14,16-19H2,1-9H3,(H,37,38)/b21-12+/t20-,26-,27-,28+,29+,32-,33-,34-/m1/s1. The fourth-order valence-electron chi connectivity index (χ4n) is 9.52. The van der Waals surface area contributed by atoms with E-state index in [0.29, 0.717) is 23.3 Å². The fraction of sp³-hybridized carbons (Fsp3) is 0.735. The van der Waals surface area contributed by atoms with Crippen molar-refractivity contribution in [2.24, 2.45) is 39.4 Å². The molecule has 4 aliphatic rings. The van der Waals surface area contributed by atoms with Gasteiger partial charge in [0.15, 0.2) is 0 Å². The Kier molecular flexibility index (Phi) is 8.01. The SMILES string of the molecule is CC(=O)O[C@H]1CC[C@]2(C)C3=CC[C@]4(C)[C@@H]([C@H](C)CC/C=C(\C)C(=O)O)C[C@H](OC(C)=O)[C@@]4(C)C3=CC[C@@H]2C1(C)C. The first-order chi connectivity index (χ1) is 18.5. The maximum absolute atomic E-state index is 12.4. The lowest BCUT2D eigenvalue weighted by molar-refractivity contribution is -0.166. The Labute approximate surface area is 240 Å². The Morgan fingerprint density at radius 2 is 1.62 bits per heavy atom. The summed E-state index contributed by atoms with van der Waals surface area (Å²) in [5.74, 6) is -0.286. The third kappa shape index (κ3) is 4.67. The summed E-state index contributed by atoms with van der Waals surface area (Å²) in [6.45, 7) is 18.6. The van der Waals surface area contributed by atoms with Gasteiger partial charge >= 0.3 is 17.9 Å². The Morgan fingerprint density at radius 3 is 2.23 bits per heavy atom. The van der Waals surface area contributed by atoms with Crippen LogP contribution in [0.4, 0.5) is 0 Å². The molecule has 0 aromatic heterocycles. The molecule has 0 aromatic rings. The number of allylic oxidation sites excluding steroid dienone is 4. The lowest BCUT2D eigenvalue weighted by Crippen LogP contribution is -2.56. The van der Waals surface area contributed by atoms with E-state index in [1.807, 2.05) is 6.08 Å². The molecule has 6 heteroatoms. The zero-order valence-electron chi connectivity index (χ0n) is 26.1. The number of carboxylic acid groups (broad SMARTS) is 1. The van der Waals surface area contributed by atoms with Crippen molar-refractivity contribution in [1.29, 1.82) is 0 Å². The number of carboxylic acids is 1. The molecular weight excluding hydrogens is 504 g/mol. The number of rotatable bonds is 7.